The Morgan fingerprint density at radius 2 is 1.57 bits per heavy atom. The van der Waals surface area contributed by atoms with E-state index in [9.17, 15) is 0 Å². The standard InChI is InChI=1S/C22H21BrN6O/c1-30-20-9-5-4-8-19(20)27-10-12-28(13-11-27)21-16-14-26-29(22(16)25-15-24-21)18-7-3-2-6-17(18)23/h2-9,14-15H,10-13H2,1H3. The van der Waals surface area contributed by atoms with Crippen molar-refractivity contribution in [3.8, 4) is 11.4 Å². The summed E-state index contributed by atoms with van der Waals surface area (Å²) in [5.74, 6) is 1.84. The summed E-state index contributed by atoms with van der Waals surface area (Å²) < 4.78 is 8.36. The van der Waals surface area contributed by atoms with Gasteiger partial charge in [0, 0.05) is 30.7 Å². The normalized spacial score (nSPS) is 14.3. The number of hydrogen-bond donors (Lipinski definition) is 0. The van der Waals surface area contributed by atoms with E-state index in [-0.39, 0.29) is 0 Å². The molecule has 5 rings (SSSR count). The number of ether oxygens (including phenoxy) is 1. The molecule has 3 heterocycles. The van der Waals surface area contributed by atoms with Crippen LogP contribution in [0.1, 0.15) is 0 Å². The Morgan fingerprint density at radius 3 is 2.33 bits per heavy atom. The lowest BCUT2D eigenvalue weighted by molar-refractivity contribution is 0.413. The summed E-state index contributed by atoms with van der Waals surface area (Å²) in [5.41, 5.74) is 2.89. The average molecular weight is 465 g/mol. The van der Waals surface area contributed by atoms with Crippen molar-refractivity contribution < 1.29 is 4.74 Å². The molecule has 0 amide bonds. The topological polar surface area (TPSA) is 59.3 Å². The van der Waals surface area contributed by atoms with E-state index in [0.29, 0.717) is 0 Å². The van der Waals surface area contributed by atoms with Crippen LogP contribution in [-0.4, -0.2) is 53.0 Å². The summed E-state index contributed by atoms with van der Waals surface area (Å²) in [6.45, 7) is 3.52. The fraction of sp³-hybridized carbons (Fsp3) is 0.227. The Balaban J connectivity index is 1.42. The molecule has 7 nitrogen and oxygen atoms in total. The molecule has 0 N–H and O–H groups in total. The predicted octanol–water partition coefficient (Wildman–Crippen LogP) is 3.91. The van der Waals surface area contributed by atoms with Crippen LogP contribution in [0.3, 0.4) is 0 Å². The van der Waals surface area contributed by atoms with Gasteiger partial charge in [-0.05, 0) is 40.2 Å². The second-order valence-electron chi connectivity index (χ2n) is 7.09. The van der Waals surface area contributed by atoms with Crippen LogP contribution in [0, 0.1) is 0 Å². The van der Waals surface area contributed by atoms with Crippen molar-refractivity contribution >= 4 is 38.5 Å². The molecule has 0 spiro atoms. The Labute approximate surface area is 183 Å². The molecule has 0 unspecified atom stereocenters. The molecule has 30 heavy (non-hydrogen) atoms. The third-order valence-corrected chi connectivity index (χ3v) is 6.10. The molecule has 0 bridgehead atoms. The second-order valence-corrected chi connectivity index (χ2v) is 7.94. The quantitative estimate of drug-likeness (QED) is 0.456. The number of halogens is 1. The molecule has 1 aliphatic rings. The van der Waals surface area contributed by atoms with Crippen LogP contribution in [0.4, 0.5) is 11.5 Å². The van der Waals surface area contributed by atoms with Crippen molar-refractivity contribution in [3.63, 3.8) is 0 Å². The minimum Gasteiger partial charge on any atom is -0.495 e. The number of anilines is 2. The maximum absolute atomic E-state index is 5.53. The minimum atomic E-state index is 0.805. The van der Waals surface area contributed by atoms with E-state index in [0.717, 1.165) is 64.6 Å². The van der Waals surface area contributed by atoms with Crippen LogP contribution in [0.2, 0.25) is 0 Å². The molecule has 4 aromatic rings. The number of para-hydroxylation sites is 3. The van der Waals surface area contributed by atoms with Crippen LogP contribution in [-0.2, 0) is 0 Å². The first kappa shape index (κ1) is 18.9. The highest BCUT2D eigenvalue weighted by atomic mass is 79.9. The Hall–Kier alpha value is -3.13. The van der Waals surface area contributed by atoms with E-state index in [2.05, 4.69) is 46.9 Å². The molecule has 1 saturated heterocycles. The molecule has 2 aromatic heterocycles. The maximum Gasteiger partial charge on any atom is 0.168 e. The molecule has 2 aromatic carbocycles. The maximum atomic E-state index is 5.53. The molecule has 1 aliphatic heterocycles. The first-order valence-corrected chi connectivity index (χ1v) is 10.6. The summed E-state index contributed by atoms with van der Waals surface area (Å²) >= 11 is 3.61. The Kier molecular flexibility index (Phi) is 5.00. The molecular weight excluding hydrogens is 444 g/mol. The Bertz CT molecular complexity index is 1190. The van der Waals surface area contributed by atoms with Gasteiger partial charge in [-0.25, -0.2) is 14.6 Å². The average Bonchev–Trinajstić information content (AvgIpc) is 3.23. The van der Waals surface area contributed by atoms with Crippen LogP contribution in [0.25, 0.3) is 16.7 Å². The van der Waals surface area contributed by atoms with Crippen LogP contribution in [0.5, 0.6) is 5.75 Å². The van der Waals surface area contributed by atoms with E-state index < -0.39 is 0 Å². The van der Waals surface area contributed by atoms with Crippen molar-refractivity contribution in [2.45, 2.75) is 0 Å². The van der Waals surface area contributed by atoms with E-state index >= 15 is 0 Å². The largest absolute Gasteiger partial charge is 0.495 e. The molecule has 152 valence electrons. The van der Waals surface area contributed by atoms with Gasteiger partial charge in [-0.2, -0.15) is 5.10 Å². The SMILES string of the molecule is COc1ccccc1N1CCN(c2ncnc3c2cnn3-c2ccccc2Br)CC1. The lowest BCUT2D eigenvalue weighted by Gasteiger charge is -2.37. The smallest absolute Gasteiger partial charge is 0.168 e. The van der Waals surface area contributed by atoms with Gasteiger partial charge in [0.1, 0.15) is 17.9 Å². The summed E-state index contributed by atoms with van der Waals surface area (Å²) in [4.78, 5) is 13.8. The number of benzene rings is 2. The van der Waals surface area contributed by atoms with Gasteiger partial charge in [-0.15, -0.1) is 0 Å². The molecule has 0 aliphatic carbocycles. The van der Waals surface area contributed by atoms with Crippen LogP contribution < -0.4 is 14.5 Å². The number of fused-ring (bicyclic) bond motifs is 1. The molecule has 0 radical (unpaired) electrons. The van der Waals surface area contributed by atoms with Crippen molar-refractivity contribution in [2.75, 3.05) is 43.1 Å². The summed E-state index contributed by atoms with van der Waals surface area (Å²) in [6, 6.07) is 16.2. The van der Waals surface area contributed by atoms with Gasteiger partial charge in [0.25, 0.3) is 0 Å². The monoisotopic (exact) mass is 464 g/mol. The number of methoxy groups -OCH3 is 1. The third-order valence-electron chi connectivity index (χ3n) is 5.43. The van der Waals surface area contributed by atoms with E-state index in [1.807, 2.05) is 53.3 Å². The molecule has 0 saturated carbocycles. The third kappa shape index (κ3) is 3.27. The summed E-state index contributed by atoms with van der Waals surface area (Å²) in [5, 5.41) is 5.56. The number of aromatic nitrogens is 4. The molecule has 1 fully saturated rings. The van der Waals surface area contributed by atoms with Crippen LogP contribution >= 0.6 is 15.9 Å². The van der Waals surface area contributed by atoms with Gasteiger partial charge in [-0.1, -0.05) is 24.3 Å². The van der Waals surface area contributed by atoms with Gasteiger partial charge in [0.05, 0.1) is 30.1 Å². The number of piperazine rings is 1. The minimum absolute atomic E-state index is 0.805. The zero-order valence-corrected chi connectivity index (χ0v) is 18.2. The highest BCUT2D eigenvalue weighted by Crippen LogP contribution is 2.31. The van der Waals surface area contributed by atoms with E-state index in [1.165, 1.54) is 0 Å². The predicted molar refractivity (Wildman–Crippen MR) is 122 cm³/mol. The Morgan fingerprint density at radius 1 is 0.867 bits per heavy atom. The van der Waals surface area contributed by atoms with Gasteiger partial charge in [-0.3, -0.25) is 0 Å². The van der Waals surface area contributed by atoms with Crippen molar-refractivity contribution in [1.29, 1.82) is 0 Å². The molecule has 8 heteroatoms. The van der Waals surface area contributed by atoms with E-state index in [4.69, 9.17) is 4.74 Å². The molecular formula is C22H21BrN6O. The first-order valence-electron chi connectivity index (χ1n) is 9.83. The summed E-state index contributed by atoms with van der Waals surface area (Å²) in [6.07, 6.45) is 3.48. The molecule has 0 atom stereocenters. The number of nitrogens with zero attached hydrogens (tertiary/aromatic N) is 6. The highest BCUT2D eigenvalue weighted by Gasteiger charge is 2.23. The highest BCUT2D eigenvalue weighted by molar-refractivity contribution is 9.10. The van der Waals surface area contributed by atoms with Crippen molar-refractivity contribution in [1.82, 2.24) is 19.7 Å². The van der Waals surface area contributed by atoms with E-state index in [1.54, 1.807) is 13.4 Å². The lowest BCUT2D eigenvalue weighted by atomic mass is 10.2. The van der Waals surface area contributed by atoms with Gasteiger partial charge < -0.3 is 14.5 Å². The number of hydrogen-bond acceptors (Lipinski definition) is 6. The second kappa shape index (κ2) is 7.95. The van der Waals surface area contributed by atoms with Crippen molar-refractivity contribution in [3.05, 3.63) is 65.5 Å². The zero-order valence-electron chi connectivity index (χ0n) is 16.6. The zero-order chi connectivity index (χ0) is 20.5. The van der Waals surface area contributed by atoms with Gasteiger partial charge in [0.2, 0.25) is 0 Å². The van der Waals surface area contributed by atoms with Gasteiger partial charge in [0.15, 0.2) is 5.65 Å². The first-order chi connectivity index (χ1) is 14.8. The lowest BCUT2D eigenvalue weighted by Crippen LogP contribution is -2.47. The summed E-state index contributed by atoms with van der Waals surface area (Å²) in [7, 11) is 1.72. The van der Waals surface area contributed by atoms with Gasteiger partial charge >= 0.3 is 0 Å². The fourth-order valence-electron chi connectivity index (χ4n) is 3.93. The number of rotatable bonds is 4. The fourth-order valence-corrected chi connectivity index (χ4v) is 4.39. The van der Waals surface area contributed by atoms with Crippen molar-refractivity contribution in [2.24, 2.45) is 0 Å². The van der Waals surface area contributed by atoms with Crippen LogP contribution in [0.15, 0.2) is 65.5 Å².